The van der Waals surface area contributed by atoms with Crippen LogP contribution in [0.25, 0.3) is 43.6 Å². The van der Waals surface area contributed by atoms with E-state index in [0.29, 0.717) is 5.92 Å². The summed E-state index contributed by atoms with van der Waals surface area (Å²) < 4.78 is 10.8. The van der Waals surface area contributed by atoms with Crippen LogP contribution in [0, 0.1) is 12.8 Å². The summed E-state index contributed by atoms with van der Waals surface area (Å²) in [5, 5.41) is 7.90. The van der Waals surface area contributed by atoms with E-state index in [9.17, 15) is 0 Å². The van der Waals surface area contributed by atoms with E-state index >= 15 is 0 Å². The molecule has 0 saturated carbocycles. The fourth-order valence-corrected chi connectivity index (χ4v) is 9.47. The molecule has 0 aliphatic carbocycles. The van der Waals surface area contributed by atoms with Gasteiger partial charge in [0.15, 0.2) is 0 Å². The van der Waals surface area contributed by atoms with E-state index in [4.69, 9.17) is 4.74 Å². The third kappa shape index (κ3) is 3.33. The Morgan fingerprint density at radius 3 is 2.29 bits per heavy atom. The Kier molecular flexibility index (Phi) is 5.06. The van der Waals surface area contributed by atoms with E-state index in [1.54, 1.807) is 4.40 Å². The average molecular weight is 521 g/mol. The molecular formula is C32H34GeNO+. The number of aromatic nitrogens is 1. The number of pyridine rings is 1. The van der Waals surface area contributed by atoms with E-state index in [-0.39, 0.29) is 0 Å². The van der Waals surface area contributed by atoms with Gasteiger partial charge in [-0.15, -0.1) is 0 Å². The standard InChI is InChI=1S/C32H34GeNO/c1-19(2)17-26-22-12-9-8-11-21(22)20(3)29-31-30-24(15-16-34(31)7)23-13-10-14-27(33(4,5)6)25(23)18-28(30)35-32(26)29/h8-16,18-19H,17H2,1-7H3/q+1. The molecular weight excluding hydrogens is 487 g/mol. The zero-order valence-electron chi connectivity index (χ0n) is 21.9. The summed E-state index contributed by atoms with van der Waals surface area (Å²) in [6.45, 7) is 6.86. The molecule has 0 spiro atoms. The zero-order chi connectivity index (χ0) is 24.6. The van der Waals surface area contributed by atoms with Gasteiger partial charge in [0, 0.05) is 0 Å². The summed E-state index contributed by atoms with van der Waals surface area (Å²) in [6.07, 6.45) is 3.23. The molecule has 6 rings (SSSR count). The number of rotatable bonds is 3. The van der Waals surface area contributed by atoms with Gasteiger partial charge < -0.3 is 0 Å². The van der Waals surface area contributed by atoms with Gasteiger partial charge in [0.25, 0.3) is 0 Å². The van der Waals surface area contributed by atoms with Gasteiger partial charge in [-0.3, -0.25) is 0 Å². The van der Waals surface area contributed by atoms with Crippen LogP contribution in [0.1, 0.15) is 25.0 Å². The molecule has 0 amide bonds. The van der Waals surface area contributed by atoms with Crippen LogP contribution in [0.5, 0.6) is 11.5 Å². The molecule has 5 aromatic rings. The van der Waals surface area contributed by atoms with Crippen molar-refractivity contribution in [2.45, 2.75) is 44.5 Å². The topological polar surface area (TPSA) is 13.1 Å². The van der Waals surface area contributed by atoms with Crippen LogP contribution in [0.4, 0.5) is 0 Å². The molecule has 1 aromatic heterocycles. The molecule has 35 heavy (non-hydrogen) atoms. The number of nitrogens with zero attached hydrogens (tertiary/aromatic N) is 1. The first-order chi connectivity index (χ1) is 16.7. The Labute approximate surface area is 210 Å². The van der Waals surface area contributed by atoms with Gasteiger partial charge in [-0.25, -0.2) is 0 Å². The molecule has 2 heterocycles. The fourth-order valence-electron chi connectivity index (χ4n) is 6.09. The Hall–Kier alpha value is -2.85. The Balaban J connectivity index is 1.81. The van der Waals surface area contributed by atoms with Crippen LogP contribution < -0.4 is 13.7 Å². The van der Waals surface area contributed by atoms with Crippen molar-refractivity contribution >= 4 is 50.0 Å². The minimum atomic E-state index is -2.09. The van der Waals surface area contributed by atoms with E-state index < -0.39 is 13.3 Å². The molecule has 0 N–H and O–H groups in total. The average Bonchev–Trinajstić information content (AvgIpc) is 2.81. The predicted octanol–water partition coefficient (Wildman–Crippen LogP) is 7.80. The first-order valence-corrected chi connectivity index (χ1v) is 20.1. The normalized spacial score (nSPS) is 13.0. The van der Waals surface area contributed by atoms with E-state index in [0.717, 1.165) is 17.9 Å². The quantitative estimate of drug-likeness (QED) is 0.132. The van der Waals surface area contributed by atoms with Crippen LogP contribution in [-0.4, -0.2) is 13.3 Å². The molecule has 0 saturated heterocycles. The Morgan fingerprint density at radius 1 is 0.857 bits per heavy atom. The third-order valence-corrected chi connectivity index (χ3v) is 11.9. The molecule has 2 nitrogen and oxygen atoms in total. The summed E-state index contributed by atoms with van der Waals surface area (Å²) >= 11 is -2.09. The van der Waals surface area contributed by atoms with Gasteiger partial charge >= 0.3 is 211 Å². The van der Waals surface area contributed by atoms with Crippen molar-refractivity contribution in [1.82, 2.24) is 0 Å². The second-order valence-corrected chi connectivity index (χ2v) is 22.2. The maximum absolute atomic E-state index is 7.01. The molecule has 0 atom stereocenters. The summed E-state index contributed by atoms with van der Waals surface area (Å²) in [7, 11) is 2.18. The van der Waals surface area contributed by atoms with Crippen molar-refractivity contribution in [3.05, 3.63) is 71.9 Å². The SMILES string of the molecule is Cc1c2c(c(CC(C)C)c3ccccc13)Oc1cc3[c]([Ge]([CH3])([CH3])[CH3])cccc3c3cc[n+](C)c-2c13. The number of fused-ring (bicyclic) bond motifs is 5. The molecule has 3 heteroatoms. The van der Waals surface area contributed by atoms with E-state index in [2.05, 4.69) is 110 Å². The second kappa shape index (κ2) is 7.83. The zero-order valence-corrected chi connectivity index (χ0v) is 24.0. The second-order valence-electron chi connectivity index (χ2n) is 11.6. The Bertz CT molecular complexity index is 1670. The van der Waals surface area contributed by atoms with Gasteiger partial charge in [0.2, 0.25) is 0 Å². The van der Waals surface area contributed by atoms with Crippen molar-refractivity contribution in [2.75, 3.05) is 0 Å². The number of hydrogen-bond donors (Lipinski definition) is 0. The number of benzene rings is 4. The first-order valence-electron chi connectivity index (χ1n) is 12.8. The molecule has 176 valence electrons. The van der Waals surface area contributed by atoms with Gasteiger partial charge in [-0.05, 0) is 0 Å². The van der Waals surface area contributed by atoms with Crippen molar-refractivity contribution < 1.29 is 9.30 Å². The molecule has 4 aromatic carbocycles. The van der Waals surface area contributed by atoms with Crippen LogP contribution in [0.15, 0.2) is 60.8 Å². The maximum atomic E-state index is 7.01. The van der Waals surface area contributed by atoms with Crippen molar-refractivity contribution in [2.24, 2.45) is 13.0 Å². The number of aryl methyl sites for hydroxylation is 2. The molecule has 1 aliphatic heterocycles. The van der Waals surface area contributed by atoms with E-state index in [1.165, 1.54) is 54.7 Å². The van der Waals surface area contributed by atoms with Crippen LogP contribution in [-0.2, 0) is 13.5 Å². The fraction of sp³-hybridized carbons (Fsp3) is 0.281. The van der Waals surface area contributed by atoms with Gasteiger partial charge in [-0.1, -0.05) is 0 Å². The number of ether oxygens (including phenoxy) is 1. The van der Waals surface area contributed by atoms with E-state index in [1.807, 2.05) is 0 Å². The van der Waals surface area contributed by atoms with Crippen molar-refractivity contribution in [3.8, 4) is 22.8 Å². The summed E-state index contributed by atoms with van der Waals surface area (Å²) in [6, 6.07) is 20.4. The molecule has 1 aliphatic rings. The van der Waals surface area contributed by atoms with Crippen LogP contribution >= 0.6 is 0 Å². The van der Waals surface area contributed by atoms with Crippen molar-refractivity contribution in [3.63, 3.8) is 0 Å². The summed E-state index contributed by atoms with van der Waals surface area (Å²) in [4.78, 5) is 0. The molecule has 0 bridgehead atoms. The number of hydrogen-bond acceptors (Lipinski definition) is 1. The van der Waals surface area contributed by atoms with Crippen LogP contribution in [0.2, 0.25) is 17.3 Å². The molecule has 0 radical (unpaired) electrons. The van der Waals surface area contributed by atoms with Crippen LogP contribution in [0.3, 0.4) is 0 Å². The van der Waals surface area contributed by atoms with Gasteiger partial charge in [0.05, 0.1) is 0 Å². The van der Waals surface area contributed by atoms with Crippen molar-refractivity contribution in [1.29, 1.82) is 0 Å². The van der Waals surface area contributed by atoms with Gasteiger partial charge in [0.1, 0.15) is 0 Å². The summed E-state index contributed by atoms with van der Waals surface area (Å²) in [5.74, 6) is 10.0. The predicted molar refractivity (Wildman–Crippen MR) is 152 cm³/mol. The molecule has 0 unspecified atom stereocenters. The summed E-state index contributed by atoms with van der Waals surface area (Å²) in [5.41, 5.74) is 5.16. The molecule has 0 fully saturated rings. The first kappa shape index (κ1) is 22.6. The minimum absolute atomic E-state index is 0.539. The third-order valence-electron chi connectivity index (χ3n) is 7.64. The Morgan fingerprint density at radius 2 is 1.57 bits per heavy atom. The van der Waals surface area contributed by atoms with Gasteiger partial charge in [-0.2, -0.15) is 0 Å². The monoisotopic (exact) mass is 522 g/mol.